The van der Waals surface area contributed by atoms with Crippen molar-refractivity contribution in [3.05, 3.63) is 74.6 Å². The van der Waals surface area contributed by atoms with Crippen LogP contribution in [-0.4, -0.2) is 16.1 Å². The first kappa shape index (κ1) is 24.6. The maximum Gasteiger partial charge on any atom is 0.416 e. The van der Waals surface area contributed by atoms with E-state index < -0.39 is 29.4 Å². The van der Waals surface area contributed by atoms with E-state index in [2.05, 4.69) is 4.98 Å². The molecule has 0 fully saturated rings. The SMILES string of the molecule is NCc1cc(C(F)(F)F)cc(C(F)(F)F)c1.O=C(O)c1nc(-c2ccc(Cl)cc2)cs1. The number of hydrogen-bond donors (Lipinski definition) is 2. The number of carboxylic acids is 1. The molecule has 12 heteroatoms. The fourth-order valence-corrected chi connectivity index (χ4v) is 3.05. The number of nitrogens with zero attached hydrogens (tertiary/aromatic N) is 1. The summed E-state index contributed by atoms with van der Waals surface area (Å²) in [5.74, 6) is -1.000. The van der Waals surface area contributed by atoms with Crippen molar-refractivity contribution >= 4 is 28.9 Å². The van der Waals surface area contributed by atoms with Gasteiger partial charge in [0.1, 0.15) is 0 Å². The largest absolute Gasteiger partial charge is 0.476 e. The van der Waals surface area contributed by atoms with Crippen LogP contribution in [0.1, 0.15) is 26.5 Å². The van der Waals surface area contributed by atoms with Crippen LogP contribution in [0.15, 0.2) is 47.8 Å². The molecule has 0 radical (unpaired) electrons. The number of nitrogens with two attached hydrogens (primary N) is 1. The second-order valence-corrected chi connectivity index (χ2v) is 7.26. The van der Waals surface area contributed by atoms with Gasteiger partial charge >= 0.3 is 18.3 Å². The number of carboxylic acid groups (broad SMARTS) is 1. The molecule has 0 aliphatic rings. The van der Waals surface area contributed by atoms with Crippen molar-refractivity contribution in [1.82, 2.24) is 4.98 Å². The van der Waals surface area contributed by atoms with E-state index in [0.717, 1.165) is 16.9 Å². The molecule has 0 saturated carbocycles. The number of halogens is 7. The normalized spacial score (nSPS) is 11.6. The van der Waals surface area contributed by atoms with Crippen LogP contribution in [0, 0.1) is 0 Å². The molecule has 0 saturated heterocycles. The third kappa shape index (κ3) is 6.94. The molecule has 1 heterocycles. The lowest BCUT2D eigenvalue weighted by molar-refractivity contribution is -0.143. The smallest absolute Gasteiger partial charge is 0.416 e. The molecule has 0 amide bonds. The molecule has 0 aliphatic heterocycles. The maximum absolute atomic E-state index is 12.3. The average Bonchev–Trinajstić information content (AvgIpc) is 3.18. The Morgan fingerprint density at radius 2 is 1.52 bits per heavy atom. The van der Waals surface area contributed by atoms with Crippen molar-refractivity contribution < 1.29 is 36.2 Å². The predicted octanol–water partition coefficient (Wildman–Crippen LogP) is 6.34. The van der Waals surface area contributed by atoms with Crippen molar-refractivity contribution in [2.75, 3.05) is 0 Å². The van der Waals surface area contributed by atoms with Crippen LogP contribution < -0.4 is 5.73 Å². The number of aromatic nitrogens is 1. The third-order valence-corrected chi connectivity index (χ3v) is 4.79. The summed E-state index contributed by atoms with van der Waals surface area (Å²) in [4.78, 5) is 14.6. The number of rotatable bonds is 3. The monoisotopic (exact) mass is 482 g/mol. The van der Waals surface area contributed by atoms with Gasteiger partial charge < -0.3 is 10.8 Å². The lowest BCUT2D eigenvalue weighted by atomic mass is 10.0. The van der Waals surface area contributed by atoms with E-state index in [1.54, 1.807) is 17.5 Å². The minimum absolute atomic E-state index is 0.0686. The number of carbonyl (C=O) groups is 1. The van der Waals surface area contributed by atoms with Crippen molar-refractivity contribution in [3.8, 4) is 11.3 Å². The van der Waals surface area contributed by atoms with Gasteiger partial charge in [0.15, 0.2) is 0 Å². The molecule has 31 heavy (non-hydrogen) atoms. The summed E-state index contributed by atoms with van der Waals surface area (Å²) < 4.78 is 73.6. The summed E-state index contributed by atoms with van der Waals surface area (Å²) >= 11 is 6.86. The zero-order chi connectivity index (χ0) is 23.4. The lowest BCUT2D eigenvalue weighted by Gasteiger charge is -2.13. The van der Waals surface area contributed by atoms with Gasteiger partial charge in [-0.05, 0) is 35.9 Å². The van der Waals surface area contributed by atoms with Gasteiger partial charge in [-0.3, -0.25) is 0 Å². The summed E-state index contributed by atoms with van der Waals surface area (Å²) in [5, 5.41) is 11.2. The highest BCUT2D eigenvalue weighted by Crippen LogP contribution is 2.36. The Hall–Kier alpha value is -2.63. The third-order valence-electron chi connectivity index (χ3n) is 3.71. The number of alkyl halides is 6. The first-order chi connectivity index (χ1) is 14.3. The molecule has 1 aromatic heterocycles. The molecule has 0 bridgehead atoms. The number of benzene rings is 2. The van der Waals surface area contributed by atoms with Crippen LogP contribution in [0.2, 0.25) is 5.02 Å². The molecule has 0 aliphatic carbocycles. The number of hydrogen-bond acceptors (Lipinski definition) is 4. The van der Waals surface area contributed by atoms with E-state index in [4.69, 9.17) is 22.4 Å². The van der Waals surface area contributed by atoms with Gasteiger partial charge in [0.25, 0.3) is 0 Å². The van der Waals surface area contributed by atoms with Gasteiger partial charge in [-0.1, -0.05) is 23.7 Å². The molecule has 0 atom stereocenters. The molecular formula is C19H13ClF6N2O2S. The second-order valence-electron chi connectivity index (χ2n) is 5.97. The van der Waals surface area contributed by atoms with Crippen LogP contribution in [0.3, 0.4) is 0 Å². The van der Waals surface area contributed by atoms with E-state index in [0.29, 0.717) is 22.8 Å². The van der Waals surface area contributed by atoms with Gasteiger partial charge in [-0.15, -0.1) is 11.3 Å². The Morgan fingerprint density at radius 3 is 1.90 bits per heavy atom. The second kappa shape index (κ2) is 9.67. The molecular weight excluding hydrogens is 470 g/mol. The topological polar surface area (TPSA) is 76.2 Å². The van der Waals surface area contributed by atoms with E-state index in [-0.39, 0.29) is 23.2 Å². The Labute approximate surface area is 180 Å². The van der Waals surface area contributed by atoms with Gasteiger partial charge in [-0.2, -0.15) is 26.3 Å². The summed E-state index contributed by atoms with van der Waals surface area (Å²) in [7, 11) is 0. The van der Waals surface area contributed by atoms with Gasteiger partial charge in [-0.25, -0.2) is 9.78 Å². The van der Waals surface area contributed by atoms with Gasteiger partial charge in [0.2, 0.25) is 5.01 Å². The van der Waals surface area contributed by atoms with E-state index in [1.165, 1.54) is 0 Å². The maximum atomic E-state index is 12.3. The fraction of sp³-hybridized carbons (Fsp3) is 0.158. The first-order valence-electron chi connectivity index (χ1n) is 8.24. The van der Waals surface area contributed by atoms with E-state index in [9.17, 15) is 31.1 Å². The molecule has 3 rings (SSSR count). The Kier molecular flexibility index (Phi) is 7.68. The Bertz CT molecular complexity index is 1020. The molecule has 166 valence electrons. The molecule has 4 nitrogen and oxygen atoms in total. The summed E-state index contributed by atoms with van der Waals surface area (Å²) in [6.45, 7) is -0.382. The molecule has 3 N–H and O–H groups in total. The lowest BCUT2D eigenvalue weighted by Crippen LogP contribution is -2.12. The van der Waals surface area contributed by atoms with Crippen LogP contribution in [0.4, 0.5) is 26.3 Å². The molecule has 3 aromatic rings. The van der Waals surface area contributed by atoms with E-state index in [1.807, 2.05) is 12.1 Å². The summed E-state index contributed by atoms with van der Waals surface area (Å²) in [5.41, 5.74) is 3.67. The predicted molar refractivity (Wildman–Crippen MR) is 104 cm³/mol. The zero-order valence-electron chi connectivity index (χ0n) is 15.3. The van der Waals surface area contributed by atoms with Crippen molar-refractivity contribution in [2.24, 2.45) is 5.73 Å². The standard InChI is InChI=1S/C10H6ClNO2S.C9H7F6N/c11-7-3-1-6(2-4-7)8-5-15-9(12-8)10(13)14;10-8(11,12)6-1-5(4-16)2-7(3-6)9(13,14)15/h1-5H,(H,13,14);1-3H,4,16H2. The van der Waals surface area contributed by atoms with Crippen LogP contribution >= 0.6 is 22.9 Å². The minimum Gasteiger partial charge on any atom is -0.476 e. The highest BCUT2D eigenvalue weighted by molar-refractivity contribution is 7.11. The highest BCUT2D eigenvalue weighted by atomic mass is 35.5. The van der Waals surface area contributed by atoms with Crippen molar-refractivity contribution in [3.63, 3.8) is 0 Å². The highest BCUT2D eigenvalue weighted by Gasteiger charge is 2.36. The van der Waals surface area contributed by atoms with E-state index >= 15 is 0 Å². The summed E-state index contributed by atoms with van der Waals surface area (Å²) in [6, 6.07) is 8.39. The van der Waals surface area contributed by atoms with Crippen molar-refractivity contribution in [1.29, 1.82) is 0 Å². The zero-order valence-corrected chi connectivity index (χ0v) is 16.8. The Balaban J connectivity index is 0.000000220. The van der Waals surface area contributed by atoms with Crippen LogP contribution in [0.5, 0.6) is 0 Å². The average molecular weight is 483 g/mol. The first-order valence-corrected chi connectivity index (χ1v) is 9.50. The molecule has 0 unspecified atom stereocenters. The van der Waals surface area contributed by atoms with Crippen molar-refractivity contribution in [2.45, 2.75) is 18.9 Å². The van der Waals surface area contributed by atoms with Crippen LogP contribution in [-0.2, 0) is 18.9 Å². The fourth-order valence-electron chi connectivity index (χ4n) is 2.26. The summed E-state index contributed by atoms with van der Waals surface area (Å²) in [6.07, 6.45) is -9.63. The van der Waals surface area contributed by atoms with Gasteiger partial charge in [0, 0.05) is 22.5 Å². The minimum atomic E-state index is -4.81. The quantitative estimate of drug-likeness (QED) is 0.427. The molecule has 2 aromatic carbocycles. The molecule has 0 spiro atoms. The number of thiazole rings is 1. The van der Waals surface area contributed by atoms with Crippen LogP contribution in [0.25, 0.3) is 11.3 Å². The number of aromatic carboxylic acids is 1. The van der Waals surface area contributed by atoms with Gasteiger partial charge in [0.05, 0.1) is 16.8 Å². The Morgan fingerprint density at radius 1 is 1.00 bits per heavy atom.